The van der Waals surface area contributed by atoms with Gasteiger partial charge in [0.05, 0.1) is 18.0 Å². The van der Waals surface area contributed by atoms with Gasteiger partial charge in [0, 0.05) is 11.1 Å². The number of hydrogen-bond donors (Lipinski definition) is 2. The molecular weight excluding hydrogens is 194 g/mol. The molecule has 1 aromatic carbocycles. The van der Waals surface area contributed by atoms with E-state index < -0.39 is 6.09 Å². The van der Waals surface area contributed by atoms with Gasteiger partial charge in [0.25, 0.3) is 0 Å². The van der Waals surface area contributed by atoms with Crippen LogP contribution in [0.1, 0.15) is 0 Å². The van der Waals surface area contributed by atoms with Gasteiger partial charge >= 0.3 is 6.09 Å². The summed E-state index contributed by atoms with van der Waals surface area (Å²) in [6, 6.07) is 5.37. The molecule has 0 atom stereocenters. The van der Waals surface area contributed by atoms with Gasteiger partial charge in [-0.3, -0.25) is 10.4 Å². The van der Waals surface area contributed by atoms with Crippen molar-refractivity contribution in [1.82, 2.24) is 10.2 Å². The van der Waals surface area contributed by atoms with E-state index in [0.29, 0.717) is 5.69 Å². The molecule has 1 aromatic heterocycles. The van der Waals surface area contributed by atoms with Crippen LogP contribution in [0.25, 0.3) is 10.9 Å². The monoisotopic (exact) mass is 203 g/mol. The summed E-state index contributed by atoms with van der Waals surface area (Å²) >= 11 is 0. The third-order valence-electron chi connectivity index (χ3n) is 1.88. The Morgan fingerprint density at radius 2 is 2.47 bits per heavy atom. The van der Waals surface area contributed by atoms with Crippen molar-refractivity contribution in [3.05, 3.63) is 37.2 Å². The van der Waals surface area contributed by atoms with Crippen LogP contribution in [-0.2, 0) is 4.74 Å². The van der Waals surface area contributed by atoms with E-state index in [1.165, 1.54) is 0 Å². The number of hydrogen-bond acceptors (Lipinski definition) is 3. The molecule has 2 N–H and O–H groups in total. The summed E-state index contributed by atoms with van der Waals surface area (Å²) in [6.07, 6.45) is 2.19. The second-order valence-corrected chi connectivity index (χ2v) is 2.87. The summed E-state index contributed by atoms with van der Waals surface area (Å²) in [4.78, 5) is 11.1. The van der Waals surface area contributed by atoms with E-state index in [1.54, 1.807) is 18.3 Å². The van der Waals surface area contributed by atoms with Crippen LogP contribution < -0.4 is 5.32 Å². The smallest absolute Gasteiger partial charge is 0.416 e. The minimum Gasteiger partial charge on any atom is -0.419 e. The van der Waals surface area contributed by atoms with Crippen LogP contribution >= 0.6 is 0 Å². The molecule has 0 radical (unpaired) electrons. The Morgan fingerprint density at radius 3 is 3.27 bits per heavy atom. The second kappa shape index (κ2) is 3.83. The maximum absolute atomic E-state index is 11.1. The standard InChI is InChI=1S/C10H9N3O2/c1-2-15-10(14)12-8-3-4-9-7(5-8)6-11-13-9/h2-6H,1H2,(H,11,13)(H,12,14). The Hall–Kier alpha value is -2.30. The SMILES string of the molecule is C=COC(=O)Nc1ccc2[nH]ncc2c1. The molecule has 0 bridgehead atoms. The van der Waals surface area contributed by atoms with Crippen LogP contribution in [0.2, 0.25) is 0 Å². The lowest BCUT2D eigenvalue weighted by Gasteiger charge is -2.02. The Kier molecular flexibility index (Phi) is 2.37. The number of aromatic amines is 1. The molecule has 0 spiro atoms. The molecule has 0 saturated carbocycles. The molecule has 0 unspecified atom stereocenters. The fourth-order valence-corrected chi connectivity index (χ4v) is 1.24. The number of carbonyl (C=O) groups is 1. The maximum Gasteiger partial charge on any atom is 0.416 e. The first-order valence-corrected chi connectivity index (χ1v) is 4.31. The zero-order valence-corrected chi connectivity index (χ0v) is 7.86. The van der Waals surface area contributed by atoms with Gasteiger partial charge in [0.15, 0.2) is 0 Å². The normalized spacial score (nSPS) is 9.87. The van der Waals surface area contributed by atoms with Crippen LogP contribution in [-0.4, -0.2) is 16.3 Å². The van der Waals surface area contributed by atoms with E-state index in [9.17, 15) is 4.79 Å². The molecule has 15 heavy (non-hydrogen) atoms. The predicted molar refractivity (Wildman–Crippen MR) is 56.4 cm³/mol. The molecule has 76 valence electrons. The molecule has 5 nitrogen and oxygen atoms in total. The molecule has 0 aliphatic heterocycles. The van der Waals surface area contributed by atoms with Crippen LogP contribution in [0.5, 0.6) is 0 Å². The molecule has 1 heterocycles. The Balaban J connectivity index is 2.21. The Labute approximate surface area is 85.7 Å². The third-order valence-corrected chi connectivity index (χ3v) is 1.88. The summed E-state index contributed by atoms with van der Waals surface area (Å²) in [5.74, 6) is 0. The number of nitrogens with one attached hydrogen (secondary N) is 2. The predicted octanol–water partition coefficient (Wildman–Crippen LogP) is 2.25. The molecular formula is C10H9N3O2. The van der Waals surface area contributed by atoms with Crippen LogP contribution in [0.3, 0.4) is 0 Å². The fraction of sp³-hybridized carbons (Fsp3) is 0. The average Bonchev–Trinajstić information content (AvgIpc) is 2.65. The number of ether oxygens (including phenoxy) is 1. The van der Waals surface area contributed by atoms with Gasteiger partial charge in [-0.2, -0.15) is 5.10 Å². The van der Waals surface area contributed by atoms with Crippen LogP contribution in [0.4, 0.5) is 10.5 Å². The molecule has 0 saturated heterocycles. The topological polar surface area (TPSA) is 67.0 Å². The van der Waals surface area contributed by atoms with Gasteiger partial charge in [-0.15, -0.1) is 0 Å². The minimum absolute atomic E-state index is 0.562. The molecule has 1 amide bonds. The number of rotatable bonds is 2. The fourth-order valence-electron chi connectivity index (χ4n) is 1.24. The van der Waals surface area contributed by atoms with E-state index in [4.69, 9.17) is 0 Å². The highest BCUT2D eigenvalue weighted by molar-refractivity contribution is 5.89. The maximum atomic E-state index is 11.1. The molecule has 0 fully saturated rings. The number of nitrogens with zero attached hydrogens (tertiary/aromatic N) is 1. The summed E-state index contributed by atoms with van der Waals surface area (Å²) in [5.41, 5.74) is 1.56. The van der Waals surface area contributed by atoms with Gasteiger partial charge in [0.2, 0.25) is 0 Å². The number of benzene rings is 1. The second-order valence-electron chi connectivity index (χ2n) is 2.87. The molecule has 2 aromatic rings. The summed E-state index contributed by atoms with van der Waals surface area (Å²) in [5, 5.41) is 10.2. The zero-order valence-electron chi connectivity index (χ0n) is 7.86. The highest BCUT2D eigenvalue weighted by atomic mass is 16.5. The van der Waals surface area contributed by atoms with Gasteiger partial charge < -0.3 is 4.74 Å². The van der Waals surface area contributed by atoms with Crippen molar-refractivity contribution in [2.75, 3.05) is 5.32 Å². The van der Waals surface area contributed by atoms with Crippen LogP contribution in [0, 0.1) is 0 Å². The number of carbonyl (C=O) groups excluding carboxylic acids is 1. The summed E-state index contributed by atoms with van der Waals surface area (Å²) in [6.45, 7) is 3.29. The lowest BCUT2D eigenvalue weighted by Crippen LogP contribution is -2.09. The highest BCUT2D eigenvalue weighted by Crippen LogP contribution is 2.16. The average molecular weight is 203 g/mol. The van der Waals surface area contributed by atoms with Crippen molar-refractivity contribution in [1.29, 1.82) is 0 Å². The first kappa shape index (κ1) is 9.26. The van der Waals surface area contributed by atoms with Crippen molar-refractivity contribution in [2.24, 2.45) is 0 Å². The van der Waals surface area contributed by atoms with Gasteiger partial charge in [-0.05, 0) is 18.2 Å². The van der Waals surface area contributed by atoms with Crippen molar-refractivity contribution in [3.8, 4) is 0 Å². The summed E-state index contributed by atoms with van der Waals surface area (Å²) in [7, 11) is 0. The van der Waals surface area contributed by atoms with Crippen molar-refractivity contribution in [3.63, 3.8) is 0 Å². The minimum atomic E-state index is -0.562. The van der Waals surface area contributed by atoms with E-state index >= 15 is 0 Å². The number of anilines is 1. The molecule has 5 heteroatoms. The van der Waals surface area contributed by atoms with Gasteiger partial charge in [-0.1, -0.05) is 6.58 Å². The number of fused-ring (bicyclic) bond motifs is 1. The van der Waals surface area contributed by atoms with Crippen molar-refractivity contribution in [2.45, 2.75) is 0 Å². The summed E-state index contributed by atoms with van der Waals surface area (Å²) < 4.78 is 4.53. The molecule has 2 rings (SSSR count). The lowest BCUT2D eigenvalue weighted by molar-refractivity contribution is 0.201. The largest absolute Gasteiger partial charge is 0.419 e. The number of amides is 1. The molecule has 0 aliphatic carbocycles. The number of H-pyrrole nitrogens is 1. The van der Waals surface area contributed by atoms with E-state index in [2.05, 4.69) is 26.8 Å². The van der Waals surface area contributed by atoms with Crippen molar-refractivity contribution >= 4 is 22.7 Å². The van der Waals surface area contributed by atoms with Gasteiger partial charge in [-0.25, -0.2) is 4.79 Å². The molecule has 0 aliphatic rings. The lowest BCUT2D eigenvalue weighted by atomic mass is 10.2. The quantitative estimate of drug-likeness (QED) is 0.735. The zero-order chi connectivity index (χ0) is 10.7. The van der Waals surface area contributed by atoms with Gasteiger partial charge in [0.1, 0.15) is 0 Å². The Morgan fingerprint density at radius 1 is 1.60 bits per heavy atom. The van der Waals surface area contributed by atoms with E-state index in [-0.39, 0.29) is 0 Å². The van der Waals surface area contributed by atoms with Crippen molar-refractivity contribution < 1.29 is 9.53 Å². The third kappa shape index (κ3) is 1.96. The van der Waals surface area contributed by atoms with Crippen LogP contribution in [0.15, 0.2) is 37.2 Å². The van der Waals surface area contributed by atoms with E-state index in [0.717, 1.165) is 17.2 Å². The van der Waals surface area contributed by atoms with E-state index in [1.807, 2.05) is 6.07 Å². The Bertz CT molecular complexity index is 504. The highest BCUT2D eigenvalue weighted by Gasteiger charge is 2.02. The first-order chi connectivity index (χ1) is 7.29. The number of aromatic nitrogens is 2. The first-order valence-electron chi connectivity index (χ1n) is 4.31.